The third-order valence-corrected chi connectivity index (χ3v) is 6.18. The Kier molecular flexibility index (Phi) is 4.25. The van der Waals surface area contributed by atoms with Crippen LogP contribution in [0.15, 0.2) is 23.1 Å². The molecule has 0 bridgehead atoms. The van der Waals surface area contributed by atoms with Gasteiger partial charge in [0.25, 0.3) is 0 Å². The van der Waals surface area contributed by atoms with Crippen molar-refractivity contribution >= 4 is 33.6 Å². The van der Waals surface area contributed by atoms with E-state index in [-0.39, 0.29) is 36.3 Å². The number of nitrogens with zero attached hydrogens (tertiary/aromatic N) is 2. The number of anilines is 1. The normalized spacial score (nSPS) is 18.9. The first-order valence-corrected chi connectivity index (χ1v) is 9.12. The Labute approximate surface area is 145 Å². The van der Waals surface area contributed by atoms with E-state index in [1.807, 2.05) is 0 Å². The number of urea groups is 1. The average Bonchev–Trinajstić information content (AvgIpc) is 2.77. The molecule has 1 aromatic rings. The second-order valence-corrected chi connectivity index (χ2v) is 7.97. The molecule has 0 unspecified atom stereocenters. The van der Waals surface area contributed by atoms with Crippen LogP contribution in [0.2, 0.25) is 0 Å². The zero-order chi connectivity index (χ0) is 18.4. The van der Waals surface area contributed by atoms with Crippen LogP contribution in [-0.2, 0) is 19.6 Å². The van der Waals surface area contributed by atoms with E-state index in [1.165, 1.54) is 23.4 Å². The predicted molar refractivity (Wildman–Crippen MR) is 88.3 cm³/mol. The number of rotatable bonds is 4. The number of amides is 4. The van der Waals surface area contributed by atoms with Crippen molar-refractivity contribution in [1.29, 1.82) is 0 Å². The van der Waals surface area contributed by atoms with E-state index in [1.54, 1.807) is 13.0 Å². The summed E-state index contributed by atoms with van der Waals surface area (Å²) in [5.74, 6) is -0.586. The van der Waals surface area contributed by atoms with Gasteiger partial charge in [-0.15, -0.1) is 0 Å². The third kappa shape index (κ3) is 3.10. The molecule has 2 N–H and O–H groups in total. The molecule has 3 rings (SSSR count). The van der Waals surface area contributed by atoms with Crippen LogP contribution in [0.5, 0.6) is 0 Å². The maximum atomic E-state index is 12.7. The topological polar surface area (TPSA) is 116 Å². The van der Waals surface area contributed by atoms with E-state index in [4.69, 9.17) is 0 Å². The summed E-state index contributed by atoms with van der Waals surface area (Å²) in [5, 5.41) is 5.02. The maximum absolute atomic E-state index is 12.7. The van der Waals surface area contributed by atoms with Crippen LogP contribution in [0.1, 0.15) is 12.5 Å². The van der Waals surface area contributed by atoms with E-state index in [9.17, 15) is 22.8 Å². The molecule has 9 nitrogen and oxygen atoms in total. The second kappa shape index (κ2) is 6.12. The molecule has 25 heavy (non-hydrogen) atoms. The molecule has 134 valence electrons. The molecule has 2 aliphatic heterocycles. The van der Waals surface area contributed by atoms with Crippen LogP contribution in [0.25, 0.3) is 0 Å². The lowest BCUT2D eigenvalue weighted by Gasteiger charge is -2.41. The van der Waals surface area contributed by atoms with E-state index in [0.717, 1.165) is 4.90 Å². The molecule has 0 radical (unpaired) electrons. The molecule has 0 saturated carbocycles. The van der Waals surface area contributed by atoms with Crippen molar-refractivity contribution in [3.05, 3.63) is 23.8 Å². The fraction of sp³-hybridized carbons (Fsp3) is 0.400. The summed E-state index contributed by atoms with van der Waals surface area (Å²) < 4.78 is 26.7. The first-order chi connectivity index (χ1) is 11.7. The zero-order valence-corrected chi connectivity index (χ0v) is 14.6. The van der Waals surface area contributed by atoms with Gasteiger partial charge in [0.15, 0.2) is 0 Å². The second-order valence-electron chi connectivity index (χ2n) is 6.06. The van der Waals surface area contributed by atoms with Gasteiger partial charge in [-0.2, -0.15) is 4.31 Å². The lowest BCUT2D eigenvalue weighted by molar-refractivity contribution is -0.128. The van der Waals surface area contributed by atoms with Crippen molar-refractivity contribution in [3.8, 4) is 0 Å². The Bertz CT molecular complexity index is 845. The van der Waals surface area contributed by atoms with Gasteiger partial charge >= 0.3 is 6.03 Å². The van der Waals surface area contributed by atoms with Crippen LogP contribution in [-0.4, -0.2) is 61.1 Å². The minimum Gasteiger partial charge on any atom is -0.329 e. The number of carbonyl (C=O) groups is 3. The van der Waals surface area contributed by atoms with Crippen LogP contribution in [0.4, 0.5) is 10.5 Å². The molecule has 1 aromatic carbocycles. The highest BCUT2D eigenvalue weighted by molar-refractivity contribution is 7.89. The Hall–Kier alpha value is -2.46. The molecular formula is C15H18N4O5S. The fourth-order valence-corrected chi connectivity index (χ4v) is 4.66. The standard InChI is InChI=1S/C15H18N4O5S/c1-9-5-11(17-10(2)20)3-4-13(9)25(23,24)18-7-12(8-18)19-14(21)6-16-15(19)22/h3-5,12H,6-8H2,1-2H3,(H,16,22)(H,17,20). The molecule has 0 aliphatic carbocycles. The van der Waals surface area contributed by atoms with Crippen molar-refractivity contribution in [2.75, 3.05) is 25.0 Å². The summed E-state index contributed by atoms with van der Waals surface area (Å²) in [5.41, 5.74) is 1.02. The monoisotopic (exact) mass is 366 g/mol. The number of nitrogens with one attached hydrogen (secondary N) is 2. The lowest BCUT2D eigenvalue weighted by atomic mass is 10.1. The first kappa shape index (κ1) is 17.4. The molecule has 0 spiro atoms. The minimum atomic E-state index is -3.72. The summed E-state index contributed by atoms with van der Waals surface area (Å²) in [4.78, 5) is 35.6. The third-order valence-electron chi connectivity index (χ3n) is 4.19. The van der Waals surface area contributed by atoms with Gasteiger partial charge in [-0.1, -0.05) is 0 Å². The van der Waals surface area contributed by atoms with Gasteiger partial charge in [-0.3, -0.25) is 14.5 Å². The summed E-state index contributed by atoms with van der Waals surface area (Å²) in [6.07, 6.45) is 0. The molecule has 2 fully saturated rings. The summed E-state index contributed by atoms with van der Waals surface area (Å²) >= 11 is 0. The van der Waals surface area contributed by atoms with Crippen molar-refractivity contribution in [2.24, 2.45) is 0 Å². The molecule has 10 heteroatoms. The molecular weight excluding hydrogens is 348 g/mol. The number of hydrogen-bond acceptors (Lipinski definition) is 5. The quantitative estimate of drug-likeness (QED) is 0.721. The van der Waals surface area contributed by atoms with E-state index in [2.05, 4.69) is 10.6 Å². The van der Waals surface area contributed by atoms with E-state index >= 15 is 0 Å². The lowest BCUT2D eigenvalue weighted by Crippen LogP contribution is -2.62. The Balaban J connectivity index is 1.74. The molecule has 0 aromatic heterocycles. The largest absolute Gasteiger partial charge is 0.329 e. The van der Waals surface area contributed by atoms with Crippen LogP contribution in [0.3, 0.4) is 0 Å². The van der Waals surface area contributed by atoms with Gasteiger partial charge in [0.05, 0.1) is 17.5 Å². The highest BCUT2D eigenvalue weighted by atomic mass is 32.2. The molecule has 0 atom stereocenters. The average molecular weight is 366 g/mol. The minimum absolute atomic E-state index is 0.0498. The van der Waals surface area contributed by atoms with Crippen LogP contribution < -0.4 is 10.6 Å². The van der Waals surface area contributed by atoms with Crippen molar-refractivity contribution in [1.82, 2.24) is 14.5 Å². The SMILES string of the molecule is CC(=O)Nc1ccc(S(=O)(=O)N2CC(N3C(=O)CNC3=O)C2)c(C)c1. The Morgan fingerprint density at radius 3 is 2.48 bits per heavy atom. The molecule has 4 amide bonds. The highest BCUT2D eigenvalue weighted by Crippen LogP contribution is 2.28. The van der Waals surface area contributed by atoms with Crippen molar-refractivity contribution in [3.63, 3.8) is 0 Å². The predicted octanol–water partition coefficient (Wildman–Crippen LogP) is -0.122. The van der Waals surface area contributed by atoms with Crippen LogP contribution in [0, 0.1) is 6.92 Å². The number of imide groups is 1. The summed E-state index contributed by atoms with van der Waals surface area (Å²) in [6, 6.07) is 3.63. The summed E-state index contributed by atoms with van der Waals surface area (Å²) in [6.45, 7) is 3.12. The van der Waals surface area contributed by atoms with Gasteiger partial charge in [0, 0.05) is 25.7 Å². The fourth-order valence-electron chi connectivity index (χ4n) is 2.94. The van der Waals surface area contributed by atoms with Crippen molar-refractivity contribution in [2.45, 2.75) is 24.8 Å². The van der Waals surface area contributed by atoms with E-state index in [0.29, 0.717) is 11.3 Å². The van der Waals surface area contributed by atoms with Gasteiger partial charge in [0.1, 0.15) is 0 Å². The van der Waals surface area contributed by atoms with Gasteiger partial charge < -0.3 is 10.6 Å². The maximum Gasteiger partial charge on any atom is 0.324 e. The van der Waals surface area contributed by atoms with Crippen molar-refractivity contribution < 1.29 is 22.8 Å². The molecule has 2 saturated heterocycles. The Morgan fingerprint density at radius 2 is 1.96 bits per heavy atom. The summed E-state index contributed by atoms with van der Waals surface area (Å²) in [7, 11) is -3.72. The molecule has 2 aliphatic rings. The van der Waals surface area contributed by atoms with E-state index < -0.39 is 22.1 Å². The van der Waals surface area contributed by atoms with Crippen LogP contribution >= 0.6 is 0 Å². The highest BCUT2D eigenvalue weighted by Gasteiger charge is 2.45. The Morgan fingerprint density at radius 1 is 1.28 bits per heavy atom. The number of carbonyl (C=O) groups excluding carboxylic acids is 3. The zero-order valence-electron chi connectivity index (χ0n) is 13.8. The first-order valence-electron chi connectivity index (χ1n) is 7.68. The van der Waals surface area contributed by atoms with Gasteiger partial charge in [-0.05, 0) is 30.7 Å². The number of sulfonamides is 1. The van der Waals surface area contributed by atoms with Gasteiger partial charge in [-0.25, -0.2) is 13.2 Å². The molecule has 2 heterocycles. The number of benzene rings is 1. The number of aryl methyl sites for hydroxylation is 1. The van der Waals surface area contributed by atoms with Gasteiger partial charge in [0.2, 0.25) is 21.8 Å². The smallest absolute Gasteiger partial charge is 0.324 e. The number of hydrogen-bond donors (Lipinski definition) is 2.